The minimum absolute atomic E-state index is 0.0319. The zero-order valence-corrected chi connectivity index (χ0v) is 11.5. The van der Waals surface area contributed by atoms with Crippen LogP contribution in [0.4, 0.5) is 5.13 Å². The molecule has 17 heavy (non-hydrogen) atoms. The molecule has 0 aromatic carbocycles. The Morgan fingerprint density at radius 2 is 2.18 bits per heavy atom. The van der Waals surface area contributed by atoms with Gasteiger partial charge in [0.25, 0.3) is 10.0 Å². The lowest BCUT2D eigenvalue weighted by Crippen LogP contribution is -2.32. The molecule has 0 radical (unpaired) electrons. The summed E-state index contributed by atoms with van der Waals surface area (Å²) in [7, 11) is -3.53. The second-order valence-electron chi connectivity index (χ2n) is 3.50. The van der Waals surface area contributed by atoms with E-state index < -0.39 is 10.0 Å². The largest absolute Gasteiger partial charge is 0.396 e. The maximum absolute atomic E-state index is 12.3. The molecule has 0 saturated carbocycles. The molecule has 0 aliphatic carbocycles. The molecule has 0 saturated heterocycles. The average Bonchev–Trinajstić information content (AvgIpc) is 2.59. The lowest BCUT2D eigenvalue weighted by atomic mass is 10.4. The standard InChI is InChI=1S/C9H17N3O3S2/c1-3-12(5-4-6-13)17(14,15)8-7(2)11-9(10)16-8/h13H,3-6H2,1-2H3,(H2,10,11). The van der Waals surface area contributed by atoms with Gasteiger partial charge in [-0.05, 0) is 13.3 Å². The first kappa shape index (κ1) is 14.4. The predicted octanol–water partition coefficient (Wildman–Crippen LogP) is 0.427. The topological polar surface area (TPSA) is 96.5 Å². The second-order valence-corrected chi connectivity index (χ2v) is 6.66. The monoisotopic (exact) mass is 279 g/mol. The summed E-state index contributed by atoms with van der Waals surface area (Å²) in [6.45, 7) is 4.01. The quantitative estimate of drug-likeness (QED) is 0.787. The smallest absolute Gasteiger partial charge is 0.254 e. The molecule has 0 aliphatic rings. The highest BCUT2D eigenvalue weighted by Crippen LogP contribution is 2.27. The van der Waals surface area contributed by atoms with Gasteiger partial charge in [-0.15, -0.1) is 0 Å². The van der Waals surface area contributed by atoms with Crippen LogP contribution >= 0.6 is 11.3 Å². The molecule has 0 spiro atoms. The van der Waals surface area contributed by atoms with E-state index in [4.69, 9.17) is 10.8 Å². The van der Waals surface area contributed by atoms with Gasteiger partial charge >= 0.3 is 0 Å². The van der Waals surface area contributed by atoms with E-state index in [-0.39, 0.29) is 15.9 Å². The molecule has 0 amide bonds. The van der Waals surface area contributed by atoms with Crippen LogP contribution in [-0.2, 0) is 10.0 Å². The van der Waals surface area contributed by atoms with Gasteiger partial charge < -0.3 is 10.8 Å². The lowest BCUT2D eigenvalue weighted by molar-refractivity contribution is 0.271. The van der Waals surface area contributed by atoms with Crippen molar-refractivity contribution in [3.05, 3.63) is 5.69 Å². The zero-order chi connectivity index (χ0) is 13.1. The van der Waals surface area contributed by atoms with E-state index in [0.29, 0.717) is 25.2 Å². The molecule has 98 valence electrons. The van der Waals surface area contributed by atoms with E-state index in [1.165, 1.54) is 4.31 Å². The number of hydrogen-bond donors (Lipinski definition) is 2. The van der Waals surface area contributed by atoms with Crippen molar-refractivity contribution in [2.45, 2.75) is 24.5 Å². The third-order valence-electron chi connectivity index (χ3n) is 2.26. The second kappa shape index (κ2) is 5.76. The van der Waals surface area contributed by atoms with Gasteiger partial charge in [0.2, 0.25) is 0 Å². The molecule has 3 N–H and O–H groups in total. The highest BCUT2D eigenvalue weighted by atomic mass is 32.2. The number of aliphatic hydroxyl groups is 1. The van der Waals surface area contributed by atoms with Gasteiger partial charge in [-0.3, -0.25) is 0 Å². The summed E-state index contributed by atoms with van der Waals surface area (Å²) in [5.74, 6) is 0. The van der Waals surface area contributed by atoms with E-state index >= 15 is 0 Å². The molecule has 0 atom stereocenters. The summed E-state index contributed by atoms with van der Waals surface area (Å²) in [4.78, 5) is 3.92. The number of nitrogens with two attached hydrogens (primary N) is 1. The molecule has 0 aliphatic heterocycles. The summed E-state index contributed by atoms with van der Waals surface area (Å²) in [5, 5.41) is 9.00. The fourth-order valence-corrected chi connectivity index (χ4v) is 4.38. The number of anilines is 1. The van der Waals surface area contributed by atoms with Crippen molar-refractivity contribution in [2.24, 2.45) is 0 Å². The molecule has 6 nitrogen and oxygen atoms in total. The van der Waals surface area contributed by atoms with Gasteiger partial charge in [0.15, 0.2) is 9.34 Å². The van der Waals surface area contributed by atoms with E-state index in [2.05, 4.69) is 4.98 Å². The highest BCUT2D eigenvalue weighted by molar-refractivity contribution is 7.91. The molecule has 1 aromatic heterocycles. The van der Waals surface area contributed by atoms with Crippen LogP contribution in [0.1, 0.15) is 19.0 Å². The SMILES string of the molecule is CCN(CCCO)S(=O)(=O)c1sc(N)nc1C. The van der Waals surface area contributed by atoms with Crippen molar-refractivity contribution in [1.29, 1.82) is 0 Å². The molecule has 0 unspecified atom stereocenters. The molecule has 0 bridgehead atoms. The average molecular weight is 279 g/mol. The van der Waals surface area contributed by atoms with Gasteiger partial charge in [-0.2, -0.15) is 4.31 Å². The summed E-state index contributed by atoms with van der Waals surface area (Å²) in [6.07, 6.45) is 0.417. The minimum Gasteiger partial charge on any atom is -0.396 e. The first-order chi connectivity index (χ1) is 7.93. The number of rotatable bonds is 6. The number of aryl methyl sites for hydroxylation is 1. The third-order valence-corrected chi connectivity index (χ3v) is 5.81. The van der Waals surface area contributed by atoms with Crippen LogP contribution in [0.15, 0.2) is 4.21 Å². The van der Waals surface area contributed by atoms with Crippen LogP contribution < -0.4 is 5.73 Å². The molecular formula is C9H17N3O3S2. The number of sulfonamides is 1. The summed E-state index contributed by atoms with van der Waals surface area (Å²) in [5.41, 5.74) is 5.93. The first-order valence-corrected chi connectivity index (χ1v) is 7.53. The van der Waals surface area contributed by atoms with E-state index in [1.807, 2.05) is 0 Å². The highest BCUT2D eigenvalue weighted by Gasteiger charge is 2.27. The van der Waals surface area contributed by atoms with Crippen molar-refractivity contribution in [3.63, 3.8) is 0 Å². The van der Waals surface area contributed by atoms with Crippen molar-refractivity contribution in [1.82, 2.24) is 9.29 Å². The van der Waals surface area contributed by atoms with Crippen molar-refractivity contribution < 1.29 is 13.5 Å². The third kappa shape index (κ3) is 3.15. The Morgan fingerprint density at radius 3 is 2.59 bits per heavy atom. The normalized spacial score (nSPS) is 12.2. The molecule has 1 aromatic rings. The Hall–Kier alpha value is -0.700. The number of thiazole rings is 1. The Morgan fingerprint density at radius 1 is 1.53 bits per heavy atom. The first-order valence-electron chi connectivity index (χ1n) is 5.27. The number of aromatic nitrogens is 1. The Balaban J connectivity index is 3.04. The maximum Gasteiger partial charge on any atom is 0.254 e. The summed E-state index contributed by atoms with van der Waals surface area (Å²) < 4.78 is 26.0. The summed E-state index contributed by atoms with van der Waals surface area (Å²) >= 11 is 0.973. The molecule has 8 heteroatoms. The molecule has 1 heterocycles. The van der Waals surface area contributed by atoms with Crippen LogP contribution in [-0.4, -0.2) is 42.5 Å². The van der Waals surface area contributed by atoms with Crippen molar-refractivity contribution >= 4 is 26.5 Å². The van der Waals surface area contributed by atoms with E-state index in [1.54, 1.807) is 13.8 Å². The van der Waals surface area contributed by atoms with E-state index in [0.717, 1.165) is 11.3 Å². The molecule has 1 rings (SSSR count). The van der Waals surface area contributed by atoms with Crippen LogP contribution in [0, 0.1) is 6.92 Å². The maximum atomic E-state index is 12.3. The Labute approximate surface area is 105 Å². The van der Waals surface area contributed by atoms with Crippen LogP contribution in [0.25, 0.3) is 0 Å². The zero-order valence-electron chi connectivity index (χ0n) is 9.88. The fraction of sp³-hybridized carbons (Fsp3) is 0.667. The number of nitrogen functional groups attached to an aromatic ring is 1. The summed E-state index contributed by atoms with van der Waals surface area (Å²) in [6, 6.07) is 0. The lowest BCUT2D eigenvalue weighted by Gasteiger charge is -2.19. The Bertz CT molecular complexity index is 470. The van der Waals surface area contributed by atoms with Gasteiger partial charge in [0.05, 0.1) is 5.69 Å². The van der Waals surface area contributed by atoms with Gasteiger partial charge in [0, 0.05) is 19.7 Å². The van der Waals surface area contributed by atoms with Crippen LogP contribution in [0.5, 0.6) is 0 Å². The number of nitrogens with zero attached hydrogens (tertiary/aromatic N) is 2. The van der Waals surface area contributed by atoms with Crippen LogP contribution in [0.3, 0.4) is 0 Å². The van der Waals surface area contributed by atoms with Gasteiger partial charge in [0.1, 0.15) is 0 Å². The fourth-order valence-electron chi connectivity index (χ4n) is 1.45. The predicted molar refractivity (Wildman–Crippen MR) is 67.4 cm³/mol. The molecular weight excluding hydrogens is 262 g/mol. The van der Waals surface area contributed by atoms with E-state index in [9.17, 15) is 8.42 Å². The number of aliphatic hydroxyl groups excluding tert-OH is 1. The van der Waals surface area contributed by atoms with Crippen molar-refractivity contribution in [2.75, 3.05) is 25.4 Å². The van der Waals surface area contributed by atoms with Gasteiger partial charge in [-0.1, -0.05) is 18.3 Å². The van der Waals surface area contributed by atoms with Crippen molar-refractivity contribution in [3.8, 4) is 0 Å². The number of hydrogen-bond acceptors (Lipinski definition) is 6. The Kier molecular flexibility index (Phi) is 4.87. The minimum atomic E-state index is -3.53. The van der Waals surface area contributed by atoms with Crippen LogP contribution in [0.2, 0.25) is 0 Å². The molecule has 0 fully saturated rings. The van der Waals surface area contributed by atoms with Gasteiger partial charge in [-0.25, -0.2) is 13.4 Å².